The van der Waals surface area contributed by atoms with Gasteiger partial charge in [0.15, 0.2) is 5.82 Å². The fraction of sp³-hybridized carbons (Fsp3) is 0.316. The largest absolute Gasteiger partial charge is 0.375 e. The van der Waals surface area contributed by atoms with Crippen molar-refractivity contribution in [1.82, 2.24) is 4.98 Å². The van der Waals surface area contributed by atoms with Gasteiger partial charge in [-0.1, -0.05) is 0 Å². The van der Waals surface area contributed by atoms with Gasteiger partial charge in [0.2, 0.25) is 5.91 Å². The molecule has 0 spiro atoms. The molecule has 3 amide bonds. The summed E-state index contributed by atoms with van der Waals surface area (Å²) in [5.74, 6) is 0.559. The number of anilines is 4. The van der Waals surface area contributed by atoms with E-state index in [-0.39, 0.29) is 18.5 Å². The van der Waals surface area contributed by atoms with E-state index in [2.05, 4.69) is 25.8 Å². The van der Waals surface area contributed by atoms with Crippen LogP contribution in [0.1, 0.15) is 12.8 Å². The van der Waals surface area contributed by atoms with Gasteiger partial charge in [-0.05, 0) is 49.2 Å². The number of pyridine rings is 1. The molecule has 0 aliphatic carbocycles. The molecule has 142 valence electrons. The number of hydrogen-bond acceptors (Lipinski definition) is 5. The Morgan fingerprint density at radius 1 is 1.04 bits per heavy atom. The Morgan fingerprint density at radius 2 is 1.70 bits per heavy atom. The van der Waals surface area contributed by atoms with Gasteiger partial charge in [-0.2, -0.15) is 0 Å². The normalized spacial score (nSPS) is 13.3. The van der Waals surface area contributed by atoms with Crippen LogP contribution in [-0.4, -0.2) is 43.7 Å². The molecule has 0 atom stereocenters. The first-order valence-electron chi connectivity index (χ1n) is 8.82. The van der Waals surface area contributed by atoms with Gasteiger partial charge in [0.1, 0.15) is 6.61 Å². The quantitative estimate of drug-likeness (QED) is 0.728. The van der Waals surface area contributed by atoms with Crippen molar-refractivity contribution in [3.63, 3.8) is 0 Å². The van der Waals surface area contributed by atoms with Crippen LogP contribution < -0.4 is 20.9 Å². The fourth-order valence-electron chi connectivity index (χ4n) is 2.93. The van der Waals surface area contributed by atoms with E-state index in [4.69, 9.17) is 4.74 Å². The van der Waals surface area contributed by atoms with Gasteiger partial charge in [0.05, 0.1) is 5.69 Å². The number of urea groups is 1. The van der Waals surface area contributed by atoms with Crippen LogP contribution in [0.5, 0.6) is 0 Å². The van der Waals surface area contributed by atoms with Gasteiger partial charge in [-0.15, -0.1) is 0 Å². The van der Waals surface area contributed by atoms with Crippen molar-refractivity contribution in [1.29, 1.82) is 0 Å². The zero-order valence-corrected chi connectivity index (χ0v) is 15.2. The summed E-state index contributed by atoms with van der Waals surface area (Å²) in [7, 11) is 1.46. The van der Waals surface area contributed by atoms with Gasteiger partial charge in [0.25, 0.3) is 0 Å². The van der Waals surface area contributed by atoms with Gasteiger partial charge < -0.3 is 25.6 Å². The number of benzene rings is 1. The first-order valence-corrected chi connectivity index (χ1v) is 8.82. The molecule has 27 heavy (non-hydrogen) atoms. The van der Waals surface area contributed by atoms with Gasteiger partial charge in [0, 0.05) is 37.8 Å². The first kappa shape index (κ1) is 18.7. The van der Waals surface area contributed by atoms with Crippen LogP contribution in [0.2, 0.25) is 0 Å². The second kappa shape index (κ2) is 9.00. The maximum Gasteiger partial charge on any atom is 0.323 e. The average molecular weight is 369 g/mol. The highest BCUT2D eigenvalue weighted by Crippen LogP contribution is 2.26. The standard InChI is InChI=1S/C19H23N5O3/c1-27-13-17(25)21-14-6-8-15(9-7-14)22-19(26)23-16-5-4-10-20-18(16)24-11-2-3-12-24/h4-10H,2-3,11-13H2,1H3,(H,21,25)(H2,22,23,26). The summed E-state index contributed by atoms with van der Waals surface area (Å²) in [6.45, 7) is 1.89. The zero-order valence-electron chi connectivity index (χ0n) is 15.2. The second-order valence-electron chi connectivity index (χ2n) is 6.21. The maximum absolute atomic E-state index is 12.3. The number of amides is 3. The number of nitrogens with one attached hydrogen (secondary N) is 3. The summed E-state index contributed by atoms with van der Waals surface area (Å²) in [6, 6.07) is 10.1. The summed E-state index contributed by atoms with van der Waals surface area (Å²) in [4.78, 5) is 30.4. The molecule has 0 radical (unpaired) electrons. The van der Waals surface area contributed by atoms with Crippen LogP contribution in [0.15, 0.2) is 42.6 Å². The monoisotopic (exact) mass is 369 g/mol. The first-order chi connectivity index (χ1) is 13.2. The van der Waals surface area contributed by atoms with Crippen molar-refractivity contribution in [2.45, 2.75) is 12.8 Å². The molecule has 3 N–H and O–H groups in total. The Bertz CT molecular complexity index is 788. The molecule has 1 aliphatic heterocycles. The van der Waals surface area contributed by atoms with E-state index in [1.165, 1.54) is 7.11 Å². The van der Waals surface area contributed by atoms with E-state index in [0.29, 0.717) is 17.1 Å². The molecule has 1 aromatic carbocycles. The van der Waals surface area contributed by atoms with Gasteiger partial charge in [-0.25, -0.2) is 9.78 Å². The summed E-state index contributed by atoms with van der Waals surface area (Å²) < 4.78 is 4.77. The predicted octanol–water partition coefficient (Wildman–Crippen LogP) is 2.91. The van der Waals surface area contributed by atoms with Crippen LogP contribution in [0, 0.1) is 0 Å². The summed E-state index contributed by atoms with van der Waals surface area (Å²) in [5.41, 5.74) is 1.93. The maximum atomic E-state index is 12.3. The highest BCUT2D eigenvalue weighted by atomic mass is 16.5. The summed E-state index contributed by atoms with van der Waals surface area (Å²) >= 11 is 0. The Hall–Kier alpha value is -3.13. The summed E-state index contributed by atoms with van der Waals surface area (Å²) in [6.07, 6.45) is 4.00. The number of nitrogens with zero attached hydrogens (tertiary/aromatic N) is 2. The molecule has 0 saturated carbocycles. The minimum atomic E-state index is -0.348. The highest BCUT2D eigenvalue weighted by molar-refractivity contribution is 6.01. The Labute approximate surface area is 157 Å². The molecule has 0 unspecified atom stereocenters. The minimum Gasteiger partial charge on any atom is -0.375 e. The Kier molecular flexibility index (Phi) is 6.22. The number of carbonyl (C=O) groups excluding carboxylic acids is 2. The molecule has 8 nitrogen and oxygen atoms in total. The SMILES string of the molecule is COCC(=O)Nc1ccc(NC(=O)Nc2cccnc2N2CCCC2)cc1. The van der Waals surface area contributed by atoms with E-state index in [0.717, 1.165) is 31.7 Å². The lowest BCUT2D eigenvalue weighted by atomic mass is 10.3. The molecule has 3 rings (SSSR count). The number of rotatable bonds is 6. The lowest BCUT2D eigenvalue weighted by Crippen LogP contribution is -2.24. The molecular weight excluding hydrogens is 346 g/mol. The van der Waals surface area contributed by atoms with Crippen LogP contribution >= 0.6 is 0 Å². The molecule has 1 aliphatic rings. The highest BCUT2D eigenvalue weighted by Gasteiger charge is 2.17. The molecule has 2 heterocycles. The summed E-state index contributed by atoms with van der Waals surface area (Å²) in [5, 5.41) is 8.34. The van der Waals surface area contributed by atoms with E-state index < -0.39 is 0 Å². The van der Waals surface area contributed by atoms with E-state index in [1.54, 1.807) is 36.5 Å². The third kappa shape index (κ3) is 5.18. The number of hydrogen-bond donors (Lipinski definition) is 3. The third-order valence-corrected chi connectivity index (χ3v) is 4.14. The van der Waals surface area contributed by atoms with Crippen LogP contribution in [0.4, 0.5) is 27.7 Å². The Morgan fingerprint density at radius 3 is 2.37 bits per heavy atom. The van der Waals surface area contributed by atoms with Gasteiger partial charge in [-0.3, -0.25) is 4.79 Å². The lowest BCUT2D eigenvalue weighted by Gasteiger charge is -2.20. The van der Waals surface area contributed by atoms with E-state index in [1.807, 2.05) is 6.07 Å². The fourth-order valence-corrected chi connectivity index (χ4v) is 2.93. The van der Waals surface area contributed by atoms with E-state index >= 15 is 0 Å². The number of carbonyl (C=O) groups is 2. The molecule has 0 bridgehead atoms. The smallest absolute Gasteiger partial charge is 0.323 e. The molecule has 8 heteroatoms. The van der Waals surface area contributed by atoms with Crippen molar-refractivity contribution in [2.75, 3.05) is 47.7 Å². The topological polar surface area (TPSA) is 95.6 Å². The molecule has 1 aromatic heterocycles. The lowest BCUT2D eigenvalue weighted by molar-refractivity contribution is -0.119. The number of methoxy groups -OCH3 is 1. The predicted molar refractivity (Wildman–Crippen MR) is 105 cm³/mol. The van der Waals surface area contributed by atoms with Crippen molar-refractivity contribution in [3.05, 3.63) is 42.6 Å². The van der Waals surface area contributed by atoms with Crippen LogP contribution in [0.3, 0.4) is 0 Å². The average Bonchev–Trinajstić information content (AvgIpc) is 3.18. The van der Waals surface area contributed by atoms with Crippen molar-refractivity contribution in [2.24, 2.45) is 0 Å². The Balaban J connectivity index is 1.59. The van der Waals surface area contributed by atoms with E-state index in [9.17, 15) is 9.59 Å². The van der Waals surface area contributed by atoms with Crippen molar-refractivity contribution < 1.29 is 14.3 Å². The van der Waals surface area contributed by atoms with Crippen molar-refractivity contribution in [3.8, 4) is 0 Å². The third-order valence-electron chi connectivity index (χ3n) is 4.14. The van der Waals surface area contributed by atoms with Crippen molar-refractivity contribution >= 4 is 34.8 Å². The number of ether oxygens (including phenoxy) is 1. The molecule has 1 fully saturated rings. The molecule has 1 saturated heterocycles. The number of aromatic nitrogens is 1. The van der Waals surface area contributed by atoms with Gasteiger partial charge >= 0.3 is 6.03 Å². The molecular formula is C19H23N5O3. The second-order valence-corrected chi connectivity index (χ2v) is 6.21. The van der Waals surface area contributed by atoms with Crippen LogP contribution in [0.25, 0.3) is 0 Å². The zero-order chi connectivity index (χ0) is 19.1. The van der Waals surface area contributed by atoms with Crippen LogP contribution in [-0.2, 0) is 9.53 Å². The molecule has 2 aromatic rings. The minimum absolute atomic E-state index is 0.00707.